The van der Waals surface area contributed by atoms with Crippen molar-refractivity contribution in [2.75, 3.05) is 4.90 Å². The van der Waals surface area contributed by atoms with Crippen LogP contribution in [0.5, 0.6) is 0 Å². The summed E-state index contributed by atoms with van der Waals surface area (Å²) in [6.45, 7) is 0. The Morgan fingerprint density at radius 3 is 2.04 bits per heavy atom. The topological polar surface area (TPSA) is 16.4 Å². The second-order valence-corrected chi connectivity index (χ2v) is 12.8. The van der Waals surface area contributed by atoms with E-state index in [1.165, 1.54) is 63.6 Å². The van der Waals surface area contributed by atoms with Crippen LogP contribution >= 0.6 is 11.3 Å². The smallest absolute Gasteiger partial charge is 0.136 e. The van der Waals surface area contributed by atoms with E-state index >= 15 is 0 Å². The third-order valence-corrected chi connectivity index (χ3v) is 10.3. The lowest BCUT2D eigenvalue weighted by molar-refractivity contribution is 0.669. The van der Waals surface area contributed by atoms with Gasteiger partial charge in [-0.15, -0.1) is 11.3 Å². The van der Waals surface area contributed by atoms with Gasteiger partial charge in [0.1, 0.15) is 11.2 Å². The molecule has 0 atom stereocenters. The van der Waals surface area contributed by atoms with Gasteiger partial charge in [-0.3, -0.25) is 0 Å². The van der Waals surface area contributed by atoms with Crippen LogP contribution in [0.1, 0.15) is 0 Å². The summed E-state index contributed by atoms with van der Waals surface area (Å²) in [6, 6.07) is 54.8. The Morgan fingerprint density at radius 2 is 1.11 bits per heavy atom. The molecule has 2 nitrogen and oxygen atoms in total. The molecule has 2 aromatic heterocycles. The van der Waals surface area contributed by atoms with Crippen LogP contribution in [0.4, 0.5) is 17.1 Å². The van der Waals surface area contributed by atoms with Crippen LogP contribution in [0.3, 0.4) is 0 Å². The van der Waals surface area contributed by atoms with Gasteiger partial charge in [-0.1, -0.05) is 91.0 Å². The maximum atomic E-state index is 6.23. The van der Waals surface area contributed by atoms with Gasteiger partial charge in [-0.2, -0.15) is 0 Å². The highest BCUT2D eigenvalue weighted by atomic mass is 32.1. The Balaban J connectivity index is 1.24. The van der Waals surface area contributed by atoms with E-state index in [2.05, 4.69) is 150 Å². The Hall–Kier alpha value is -5.64. The molecule has 45 heavy (non-hydrogen) atoms. The number of para-hydroxylation sites is 2. The van der Waals surface area contributed by atoms with Gasteiger partial charge in [0.25, 0.3) is 0 Å². The first-order chi connectivity index (χ1) is 22.3. The van der Waals surface area contributed by atoms with Crippen LogP contribution in [0, 0.1) is 0 Å². The van der Waals surface area contributed by atoms with Crippen LogP contribution in [-0.4, -0.2) is 0 Å². The highest BCUT2D eigenvalue weighted by molar-refractivity contribution is 7.26. The molecule has 10 rings (SSSR count). The van der Waals surface area contributed by atoms with Gasteiger partial charge < -0.3 is 9.32 Å². The minimum Gasteiger partial charge on any atom is -0.456 e. The van der Waals surface area contributed by atoms with Crippen molar-refractivity contribution in [3.8, 4) is 0 Å². The van der Waals surface area contributed by atoms with E-state index < -0.39 is 0 Å². The summed E-state index contributed by atoms with van der Waals surface area (Å²) in [6.07, 6.45) is 0. The Bertz CT molecular complexity index is 2770. The summed E-state index contributed by atoms with van der Waals surface area (Å²) >= 11 is 1.86. The highest BCUT2D eigenvalue weighted by Gasteiger charge is 2.19. The maximum absolute atomic E-state index is 6.23. The minimum absolute atomic E-state index is 0.928. The third-order valence-electron chi connectivity index (χ3n) is 9.21. The normalized spacial score (nSPS) is 12.0. The van der Waals surface area contributed by atoms with E-state index in [4.69, 9.17) is 4.42 Å². The van der Waals surface area contributed by atoms with Crippen LogP contribution < -0.4 is 4.90 Å². The average molecular weight is 592 g/mol. The number of rotatable bonds is 3. The van der Waals surface area contributed by atoms with E-state index in [0.29, 0.717) is 0 Å². The maximum Gasteiger partial charge on any atom is 0.136 e. The zero-order valence-electron chi connectivity index (χ0n) is 24.2. The number of benzene rings is 8. The highest BCUT2D eigenvalue weighted by Crippen LogP contribution is 2.46. The summed E-state index contributed by atoms with van der Waals surface area (Å²) < 4.78 is 8.84. The van der Waals surface area contributed by atoms with Crippen molar-refractivity contribution >= 4 is 103 Å². The molecule has 0 aliphatic rings. The van der Waals surface area contributed by atoms with Gasteiger partial charge in [-0.25, -0.2) is 0 Å². The van der Waals surface area contributed by atoms with E-state index in [1.807, 2.05) is 17.4 Å². The number of thiophene rings is 1. The minimum atomic E-state index is 0.928. The molecular weight excluding hydrogens is 567 g/mol. The summed E-state index contributed by atoms with van der Waals surface area (Å²) in [4.78, 5) is 2.41. The molecule has 0 aliphatic carbocycles. The van der Waals surface area contributed by atoms with Gasteiger partial charge in [-0.05, 0) is 93.0 Å². The molecule has 0 N–H and O–H groups in total. The average Bonchev–Trinajstić information content (AvgIpc) is 3.67. The van der Waals surface area contributed by atoms with E-state index in [9.17, 15) is 0 Å². The van der Waals surface area contributed by atoms with Crippen molar-refractivity contribution in [1.29, 1.82) is 0 Å². The SMILES string of the molecule is c1ccc(N(c2ccc3c(ccc4ccc5c(ccc6oc7ccccc7c65)c43)c2)c2cccc3sc4ccccc4c23)cc1. The second kappa shape index (κ2) is 9.43. The number of fused-ring (bicyclic) bond motifs is 12. The van der Waals surface area contributed by atoms with Crippen molar-refractivity contribution in [1.82, 2.24) is 0 Å². The molecule has 0 unspecified atom stereocenters. The monoisotopic (exact) mass is 591 g/mol. The molecule has 0 radical (unpaired) electrons. The molecule has 0 saturated carbocycles. The van der Waals surface area contributed by atoms with Crippen molar-refractivity contribution < 1.29 is 4.42 Å². The van der Waals surface area contributed by atoms with Crippen LogP contribution in [0.15, 0.2) is 156 Å². The molecule has 2 heterocycles. The largest absolute Gasteiger partial charge is 0.456 e. The lowest BCUT2D eigenvalue weighted by Crippen LogP contribution is -2.10. The fourth-order valence-corrected chi connectivity index (χ4v) is 8.39. The van der Waals surface area contributed by atoms with E-state index in [1.54, 1.807) is 0 Å². The standard InChI is InChI=1S/C42H25NOS/c1-2-9-28(10-3-1)43(35-13-8-16-39-42(35)34-12-5-7-15-38(34)45-39)29-20-22-30-27(25-29)18-17-26-19-21-32-31(40(26)30)23-24-37-41(32)33-11-4-6-14-36(33)44-37/h1-25H. The molecule has 3 heteroatoms. The third kappa shape index (κ3) is 3.62. The number of hydrogen-bond acceptors (Lipinski definition) is 3. The quantitative estimate of drug-likeness (QED) is 0.190. The number of anilines is 3. The van der Waals surface area contributed by atoms with E-state index in [-0.39, 0.29) is 0 Å². The van der Waals surface area contributed by atoms with Crippen LogP contribution in [0.25, 0.3) is 74.4 Å². The Morgan fingerprint density at radius 1 is 0.400 bits per heavy atom. The van der Waals surface area contributed by atoms with Crippen molar-refractivity contribution in [3.63, 3.8) is 0 Å². The first kappa shape index (κ1) is 24.8. The summed E-state index contributed by atoms with van der Waals surface area (Å²) in [5.74, 6) is 0. The Labute approximate surface area is 263 Å². The van der Waals surface area contributed by atoms with Crippen molar-refractivity contribution in [2.24, 2.45) is 0 Å². The van der Waals surface area contributed by atoms with Crippen molar-refractivity contribution in [2.45, 2.75) is 0 Å². The molecule has 0 bridgehead atoms. The van der Waals surface area contributed by atoms with Crippen LogP contribution in [-0.2, 0) is 0 Å². The summed E-state index contributed by atoms with van der Waals surface area (Å²) in [5.41, 5.74) is 5.33. The molecular formula is C42H25NOS. The summed E-state index contributed by atoms with van der Waals surface area (Å²) in [5, 5.41) is 12.4. The van der Waals surface area contributed by atoms with Gasteiger partial charge in [0.15, 0.2) is 0 Å². The lowest BCUT2D eigenvalue weighted by Gasteiger charge is -2.27. The molecule has 0 amide bonds. The predicted octanol–water partition coefficient (Wildman–Crippen LogP) is 12.9. The van der Waals surface area contributed by atoms with Gasteiger partial charge >= 0.3 is 0 Å². The molecule has 210 valence electrons. The predicted molar refractivity (Wildman–Crippen MR) is 194 cm³/mol. The van der Waals surface area contributed by atoms with Gasteiger partial charge in [0.05, 0.1) is 5.69 Å². The zero-order valence-corrected chi connectivity index (χ0v) is 25.0. The number of furan rings is 1. The van der Waals surface area contributed by atoms with Gasteiger partial charge in [0.2, 0.25) is 0 Å². The first-order valence-electron chi connectivity index (χ1n) is 15.3. The van der Waals surface area contributed by atoms with Crippen LogP contribution in [0.2, 0.25) is 0 Å². The molecule has 10 aromatic rings. The van der Waals surface area contributed by atoms with Gasteiger partial charge in [0, 0.05) is 42.3 Å². The number of hydrogen-bond donors (Lipinski definition) is 0. The summed E-state index contributed by atoms with van der Waals surface area (Å²) in [7, 11) is 0. The number of nitrogens with zero attached hydrogens (tertiary/aromatic N) is 1. The Kier molecular flexibility index (Phi) is 5.19. The second-order valence-electron chi connectivity index (χ2n) is 11.7. The zero-order chi connectivity index (χ0) is 29.5. The molecule has 0 aliphatic heterocycles. The molecule has 8 aromatic carbocycles. The molecule has 0 saturated heterocycles. The van der Waals surface area contributed by atoms with E-state index in [0.717, 1.165) is 27.9 Å². The fraction of sp³-hybridized carbons (Fsp3) is 0. The lowest BCUT2D eigenvalue weighted by atomic mass is 9.94. The molecule has 0 spiro atoms. The first-order valence-corrected chi connectivity index (χ1v) is 16.1. The van der Waals surface area contributed by atoms with Crippen molar-refractivity contribution in [3.05, 3.63) is 152 Å². The molecule has 0 fully saturated rings. The fourth-order valence-electron chi connectivity index (χ4n) is 7.27.